The molecule has 2 unspecified atom stereocenters. The first-order valence-electron chi connectivity index (χ1n) is 18.7. The first kappa shape index (κ1) is 34.5. The zero-order valence-electron chi connectivity index (χ0n) is 31.9. The number of carbonyl (C=O) groups excluding carboxylic acids is 2. The Bertz CT molecular complexity index is 1910. The molecule has 1 heterocycles. The lowest BCUT2D eigenvalue weighted by molar-refractivity contribution is -0.133. The number of rotatable bonds is 4. The van der Waals surface area contributed by atoms with Crippen molar-refractivity contribution in [1.29, 1.82) is 0 Å². The van der Waals surface area contributed by atoms with Gasteiger partial charge in [-0.15, -0.1) is 0 Å². The fraction of sp³-hybridized carbons (Fsp3) is 0.447. The normalized spacial score (nSPS) is 20.1. The van der Waals surface area contributed by atoms with E-state index in [0.29, 0.717) is 12.2 Å². The van der Waals surface area contributed by atoms with E-state index in [9.17, 15) is 9.59 Å². The monoisotopic (exact) mass is 668 g/mol. The van der Waals surface area contributed by atoms with E-state index in [1.165, 1.54) is 45.4 Å². The number of benzene rings is 4. The maximum Gasteiger partial charge on any atom is 0.323 e. The number of ether oxygens (including phenoxy) is 1. The molecule has 3 aliphatic rings. The molecule has 0 radical (unpaired) electrons. The minimum Gasteiger partial charge on any atom is -0.425 e. The average molecular weight is 669 g/mol. The van der Waals surface area contributed by atoms with Crippen LogP contribution in [0.4, 0.5) is 0 Å². The third-order valence-electron chi connectivity index (χ3n) is 12.1. The number of ketones is 1. The lowest BCUT2D eigenvalue weighted by Crippen LogP contribution is -2.32. The minimum absolute atomic E-state index is 0. The molecular weight excluding hydrogens is 613 g/mol. The van der Waals surface area contributed by atoms with E-state index >= 15 is 0 Å². The van der Waals surface area contributed by atoms with Gasteiger partial charge in [0.15, 0.2) is 0 Å². The first-order chi connectivity index (χ1) is 23.5. The quantitative estimate of drug-likeness (QED) is 0.161. The summed E-state index contributed by atoms with van der Waals surface area (Å²) in [5.41, 5.74) is 14.6. The second-order valence-electron chi connectivity index (χ2n) is 17.8. The van der Waals surface area contributed by atoms with Crippen molar-refractivity contribution >= 4 is 11.8 Å². The summed E-state index contributed by atoms with van der Waals surface area (Å²) in [6, 6.07) is 22.6. The predicted octanol–water partition coefficient (Wildman–Crippen LogP) is 11.3. The van der Waals surface area contributed by atoms with Crippen LogP contribution in [0.15, 0.2) is 60.7 Å². The van der Waals surface area contributed by atoms with E-state index in [1.807, 2.05) is 0 Å². The zero-order chi connectivity index (χ0) is 35.9. The number of fused-ring (bicyclic) bond motifs is 2. The fourth-order valence-corrected chi connectivity index (χ4v) is 9.32. The summed E-state index contributed by atoms with van der Waals surface area (Å²) in [4.78, 5) is 28.0. The van der Waals surface area contributed by atoms with Crippen molar-refractivity contribution in [3.8, 4) is 5.75 Å². The van der Waals surface area contributed by atoms with E-state index < -0.39 is 5.92 Å². The summed E-state index contributed by atoms with van der Waals surface area (Å²) in [7, 11) is 0. The van der Waals surface area contributed by atoms with Gasteiger partial charge in [0.1, 0.15) is 17.5 Å². The second-order valence-corrected chi connectivity index (χ2v) is 17.8. The summed E-state index contributed by atoms with van der Waals surface area (Å²) in [5.74, 6) is 0.151. The van der Waals surface area contributed by atoms with Crippen molar-refractivity contribution < 1.29 is 15.8 Å². The molecule has 0 amide bonds. The molecule has 0 N–H and O–H groups in total. The van der Waals surface area contributed by atoms with Gasteiger partial charge in [-0.1, -0.05) is 127 Å². The molecule has 1 saturated carbocycles. The Morgan fingerprint density at radius 3 is 1.70 bits per heavy atom. The fourth-order valence-electron chi connectivity index (χ4n) is 9.32. The predicted molar refractivity (Wildman–Crippen MR) is 206 cm³/mol. The summed E-state index contributed by atoms with van der Waals surface area (Å²) >= 11 is 0. The van der Waals surface area contributed by atoms with Crippen molar-refractivity contribution in [1.82, 2.24) is 0 Å². The van der Waals surface area contributed by atoms with Crippen LogP contribution in [0.2, 0.25) is 0 Å². The highest BCUT2D eigenvalue weighted by molar-refractivity contribution is 5.96. The maximum absolute atomic E-state index is 14.1. The molecule has 7 rings (SSSR count). The molecule has 0 saturated heterocycles. The molecule has 3 nitrogen and oxygen atoms in total. The van der Waals surface area contributed by atoms with E-state index in [-0.39, 0.29) is 29.6 Å². The van der Waals surface area contributed by atoms with Gasteiger partial charge >= 0.3 is 5.97 Å². The number of hydrogen-bond acceptors (Lipinski definition) is 3. The van der Waals surface area contributed by atoms with Crippen LogP contribution in [0.3, 0.4) is 0 Å². The Labute approximate surface area is 301 Å². The van der Waals surface area contributed by atoms with Gasteiger partial charge in [-0.25, -0.2) is 0 Å². The highest BCUT2D eigenvalue weighted by Crippen LogP contribution is 2.54. The third-order valence-corrected chi connectivity index (χ3v) is 12.1. The van der Waals surface area contributed by atoms with Crippen molar-refractivity contribution in [2.24, 2.45) is 0 Å². The van der Waals surface area contributed by atoms with Crippen LogP contribution < -0.4 is 4.74 Å². The van der Waals surface area contributed by atoms with Crippen molar-refractivity contribution in [2.45, 2.75) is 136 Å². The van der Waals surface area contributed by atoms with E-state index in [2.05, 4.69) is 130 Å². The second kappa shape index (κ2) is 12.1. The number of carbonyl (C=O) groups is 2. The highest BCUT2D eigenvalue weighted by Gasteiger charge is 2.45. The molecule has 2 aliphatic carbocycles. The van der Waals surface area contributed by atoms with Crippen LogP contribution in [0, 0.1) is 27.7 Å². The summed E-state index contributed by atoms with van der Waals surface area (Å²) < 4.78 is 6.25. The van der Waals surface area contributed by atoms with Crippen molar-refractivity contribution in [2.75, 3.05) is 0 Å². The maximum atomic E-state index is 14.1. The van der Waals surface area contributed by atoms with Crippen molar-refractivity contribution in [3.63, 3.8) is 0 Å². The molecule has 2 atom stereocenters. The van der Waals surface area contributed by atoms with Crippen LogP contribution in [-0.2, 0) is 32.3 Å². The zero-order valence-corrected chi connectivity index (χ0v) is 31.9. The highest BCUT2D eigenvalue weighted by atomic mass is 16.5. The standard InChI is InChI=1S/C47H54O3.H2/c1-27-14-16-29(3)33(20-27)41-36-22-31(24-38(45(5,6)7)35(36)26-40(41)48)47(18-12-11-13-19-47)32-23-37-42(34-21-28(2)15-17-30(34)4)44(49)50-43(37)39(25-32)46(8,9)10;/h14-17,20-25,41-42H,11-13,18-19,26H2,1-10H3;1H. The number of esters is 1. The molecule has 3 heteroatoms. The van der Waals surface area contributed by atoms with E-state index in [0.717, 1.165) is 64.8 Å². The number of hydrogen-bond donors (Lipinski definition) is 0. The molecule has 4 aromatic rings. The summed E-state index contributed by atoms with van der Waals surface area (Å²) in [6.45, 7) is 22.0. The Balaban J connectivity index is 0.00000448. The third kappa shape index (κ3) is 5.66. The van der Waals surface area contributed by atoms with Crippen molar-refractivity contribution in [3.05, 3.63) is 133 Å². The van der Waals surface area contributed by atoms with Gasteiger partial charge in [0.05, 0.1) is 5.92 Å². The van der Waals surface area contributed by atoms with Gasteiger partial charge in [0, 0.05) is 24.4 Å². The smallest absolute Gasteiger partial charge is 0.323 e. The van der Waals surface area contributed by atoms with Crippen LogP contribution in [0.5, 0.6) is 5.75 Å². The van der Waals surface area contributed by atoms with Crippen LogP contribution in [-0.4, -0.2) is 11.8 Å². The average Bonchev–Trinajstić information content (AvgIpc) is 3.56. The first-order valence-corrected chi connectivity index (χ1v) is 18.7. The molecule has 262 valence electrons. The summed E-state index contributed by atoms with van der Waals surface area (Å²) in [5, 5.41) is 0. The van der Waals surface area contributed by atoms with Crippen LogP contribution in [0.1, 0.15) is 159 Å². The molecular formula is C47H56O3. The Hall–Kier alpha value is -3.98. The Morgan fingerprint density at radius 1 is 0.620 bits per heavy atom. The molecule has 0 aromatic heterocycles. The minimum atomic E-state index is -0.456. The van der Waals surface area contributed by atoms with E-state index in [1.54, 1.807) is 0 Å². The van der Waals surface area contributed by atoms with Gasteiger partial charge < -0.3 is 4.74 Å². The Morgan fingerprint density at radius 2 is 1.14 bits per heavy atom. The van der Waals surface area contributed by atoms with E-state index in [4.69, 9.17) is 4.74 Å². The topological polar surface area (TPSA) is 43.4 Å². The lowest BCUT2D eigenvalue weighted by Gasteiger charge is -2.41. The lowest BCUT2D eigenvalue weighted by atomic mass is 9.62. The molecule has 4 aromatic carbocycles. The van der Waals surface area contributed by atoms with Gasteiger partial charge in [0.2, 0.25) is 0 Å². The molecule has 0 bridgehead atoms. The largest absolute Gasteiger partial charge is 0.425 e. The molecule has 50 heavy (non-hydrogen) atoms. The Kier molecular flexibility index (Phi) is 8.32. The SMILES string of the molecule is Cc1ccc(C)c(C2C(=O)Cc3c2cc(C2(c4cc5c(c(C(C)(C)C)c4)OC(=O)C5c4cc(C)ccc4C)CCCCC2)cc3C(C)(C)C)c1.[HH]. The van der Waals surface area contributed by atoms with Crippen LogP contribution >= 0.6 is 0 Å². The number of aryl methyl sites for hydroxylation is 4. The molecule has 1 fully saturated rings. The molecule has 1 aliphatic heterocycles. The van der Waals surface area contributed by atoms with Gasteiger partial charge in [-0.2, -0.15) is 0 Å². The number of Topliss-reactive ketones (excluding diaryl/α,β-unsaturated/α-hetero) is 1. The van der Waals surface area contributed by atoms with Gasteiger partial charge in [0.25, 0.3) is 0 Å². The van der Waals surface area contributed by atoms with Crippen LogP contribution in [0.25, 0.3) is 0 Å². The summed E-state index contributed by atoms with van der Waals surface area (Å²) in [6.07, 6.45) is 6.03. The molecule has 0 spiro atoms. The van der Waals surface area contributed by atoms with Gasteiger partial charge in [-0.3, -0.25) is 9.59 Å². The van der Waals surface area contributed by atoms with Gasteiger partial charge in [-0.05, 0) is 108 Å².